The molecule has 2 heterocycles. The number of hydrogen-bond acceptors (Lipinski definition) is 4. The Morgan fingerprint density at radius 2 is 0.967 bits per heavy atom. The number of nitrogens with zero attached hydrogens (tertiary/aromatic N) is 2. The van der Waals surface area contributed by atoms with E-state index in [-0.39, 0.29) is 5.41 Å². The van der Waals surface area contributed by atoms with Crippen molar-refractivity contribution >= 4 is 50.0 Å². The van der Waals surface area contributed by atoms with E-state index in [0.29, 0.717) is 0 Å². The topological polar surface area (TPSA) is 16.1 Å². The standard InChI is InChI=1S/C56H64N2S2/c1-3-5-7-9-11-13-15-25-39-56(40-26-16-14-12-10-8-6-4-2)49-41-43(52-37-38-54(59-52)55-57-51-31-23-24-32-53(51)60-55)33-35-47(49)48-36-34-46(42-50(48)56)58(44-27-19-17-20-28-44)45-29-21-18-22-30-45/h17-24,27-38,41-42H,3-16,25-26,39-40H2,1-2H3. The minimum absolute atomic E-state index is 0.0344. The molecule has 0 bridgehead atoms. The maximum absolute atomic E-state index is 5.03. The highest BCUT2D eigenvalue weighted by Gasteiger charge is 2.43. The van der Waals surface area contributed by atoms with Crippen molar-refractivity contribution < 1.29 is 0 Å². The van der Waals surface area contributed by atoms with E-state index in [2.05, 4.69) is 152 Å². The number of unbranched alkanes of at least 4 members (excludes halogenated alkanes) is 14. The van der Waals surface area contributed by atoms with E-state index in [1.54, 1.807) is 16.9 Å². The van der Waals surface area contributed by atoms with Crippen LogP contribution in [0.3, 0.4) is 0 Å². The molecule has 2 aromatic heterocycles. The van der Waals surface area contributed by atoms with Gasteiger partial charge in [0.25, 0.3) is 0 Å². The fourth-order valence-electron chi connectivity index (χ4n) is 9.75. The van der Waals surface area contributed by atoms with Crippen LogP contribution in [0.1, 0.15) is 141 Å². The van der Waals surface area contributed by atoms with Gasteiger partial charge in [-0.3, -0.25) is 0 Å². The summed E-state index contributed by atoms with van der Waals surface area (Å²) in [6.45, 7) is 4.64. The summed E-state index contributed by atoms with van der Waals surface area (Å²) in [5, 5.41) is 1.12. The SMILES string of the molecule is CCCCCCCCCCC1(CCCCCCCCCC)c2cc(-c3ccc(-c4nc5ccccc5s4)s3)ccc2-c2ccc(N(c3ccccc3)c3ccccc3)cc21. The highest BCUT2D eigenvalue weighted by atomic mass is 32.1. The number of benzene rings is 5. The third-order valence-electron chi connectivity index (χ3n) is 12.9. The number of para-hydroxylation sites is 3. The molecule has 1 aliphatic carbocycles. The van der Waals surface area contributed by atoms with Crippen LogP contribution in [0, 0.1) is 0 Å². The van der Waals surface area contributed by atoms with E-state index in [1.807, 2.05) is 11.3 Å². The Kier molecular flexibility index (Phi) is 14.7. The summed E-state index contributed by atoms with van der Waals surface area (Å²) in [6.07, 6.45) is 23.9. The van der Waals surface area contributed by atoms with E-state index in [1.165, 1.54) is 169 Å². The van der Waals surface area contributed by atoms with Crippen LogP contribution in [0.15, 0.2) is 133 Å². The molecule has 0 atom stereocenters. The number of hydrogen-bond donors (Lipinski definition) is 0. The molecular weight excluding hydrogens is 765 g/mol. The Bertz CT molecular complexity index is 2300. The van der Waals surface area contributed by atoms with Crippen LogP contribution in [0.5, 0.6) is 0 Å². The molecule has 60 heavy (non-hydrogen) atoms. The molecule has 310 valence electrons. The van der Waals surface area contributed by atoms with Gasteiger partial charge in [0.05, 0.1) is 15.1 Å². The predicted octanol–water partition coefficient (Wildman–Crippen LogP) is 18.5. The molecule has 7 aromatic rings. The predicted molar refractivity (Wildman–Crippen MR) is 264 cm³/mol. The van der Waals surface area contributed by atoms with Crippen molar-refractivity contribution in [2.45, 2.75) is 135 Å². The lowest BCUT2D eigenvalue weighted by molar-refractivity contribution is 0.397. The maximum Gasteiger partial charge on any atom is 0.134 e. The summed E-state index contributed by atoms with van der Waals surface area (Å²) in [7, 11) is 0. The molecule has 5 aromatic carbocycles. The Morgan fingerprint density at radius 1 is 0.450 bits per heavy atom. The van der Waals surface area contributed by atoms with Gasteiger partial charge in [-0.25, -0.2) is 4.98 Å². The lowest BCUT2D eigenvalue weighted by atomic mass is 9.70. The molecule has 0 saturated carbocycles. The van der Waals surface area contributed by atoms with Crippen LogP contribution in [0.2, 0.25) is 0 Å². The lowest BCUT2D eigenvalue weighted by Gasteiger charge is -2.34. The van der Waals surface area contributed by atoms with Gasteiger partial charge in [0.2, 0.25) is 0 Å². The molecule has 8 rings (SSSR count). The van der Waals surface area contributed by atoms with Gasteiger partial charge in [-0.15, -0.1) is 22.7 Å². The van der Waals surface area contributed by atoms with Crippen molar-refractivity contribution in [2.75, 3.05) is 4.90 Å². The van der Waals surface area contributed by atoms with Crippen molar-refractivity contribution in [1.82, 2.24) is 4.98 Å². The van der Waals surface area contributed by atoms with Crippen molar-refractivity contribution in [3.63, 3.8) is 0 Å². The third kappa shape index (κ3) is 9.66. The summed E-state index contributed by atoms with van der Waals surface area (Å²) >= 11 is 3.69. The number of rotatable bonds is 23. The average Bonchev–Trinajstić information content (AvgIpc) is 4.02. The normalized spacial score (nSPS) is 12.8. The van der Waals surface area contributed by atoms with E-state index < -0.39 is 0 Å². The monoisotopic (exact) mass is 828 g/mol. The molecule has 0 unspecified atom stereocenters. The molecule has 0 N–H and O–H groups in total. The lowest BCUT2D eigenvalue weighted by Crippen LogP contribution is -2.26. The summed E-state index contributed by atoms with van der Waals surface area (Å²) in [5.74, 6) is 0. The molecule has 0 aliphatic heterocycles. The van der Waals surface area contributed by atoms with Gasteiger partial charge in [-0.1, -0.05) is 183 Å². The Balaban J connectivity index is 1.17. The van der Waals surface area contributed by atoms with E-state index >= 15 is 0 Å². The quantitative estimate of drug-likeness (QED) is 0.0597. The van der Waals surface area contributed by atoms with Gasteiger partial charge in [0.1, 0.15) is 5.01 Å². The van der Waals surface area contributed by atoms with Gasteiger partial charge in [-0.2, -0.15) is 0 Å². The summed E-state index contributed by atoms with van der Waals surface area (Å²) in [5.41, 5.74) is 12.0. The molecule has 0 radical (unpaired) electrons. The number of thiophene rings is 1. The summed E-state index contributed by atoms with van der Waals surface area (Å²) in [6, 6.07) is 50.0. The molecule has 0 spiro atoms. The minimum atomic E-state index is -0.0344. The number of aromatic nitrogens is 1. The first kappa shape index (κ1) is 42.2. The van der Waals surface area contributed by atoms with Crippen molar-refractivity contribution in [3.05, 3.63) is 145 Å². The van der Waals surface area contributed by atoms with Crippen LogP contribution in [-0.4, -0.2) is 4.98 Å². The number of fused-ring (bicyclic) bond motifs is 4. The van der Waals surface area contributed by atoms with Gasteiger partial charge in [0, 0.05) is 27.4 Å². The zero-order chi connectivity index (χ0) is 41.0. The molecule has 1 aliphatic rings. The molecule has 2 nitrogen and oxygen atoms in total. The third-order valence-corrected chi connectivity index (χ3v) is 15.3. The molecule has 0 amide bonds. The summed E-state index contributed by atoms with van der Waals surface area (Å²) < 4.78 is 1.25. The van der Waals surface area contributed by atoms with Crippen molar-refractivity contribution in [2.24, 2.45) is 0 Å². The molecule has 0 fully saturated rings. The van der Waals surface area contributed by atoms with E-state index in [4.69, 9.17) is 4.98 Å². The first-order valence-corrected chi connectivity index (χ1v) is 25.0. The highest BCUT2D eigenvalue weighted by Crippen LogP contribution is 2.56. The summed E-state index contributed by atoms with van der Waals surface area (Å²) in [4.78, 5) is 10.1. The van der Waals surface area contributed by atoms with Crippen molar-refractivity contribution in [3.8, 4) is 31.5 Å². The smallest absolute Gasteiger partial charge is 0.134 e. The number of anilines is 3. The molecule has 4 heteroatoms. The molecular formula is C56H64N2S2. The maximum atomic E-state index is 5.03. The van der Waals surface area contributed by atoms with Gasteiger partial charge < -0.3 is 4.90 Å². The van der Waals surface area contributed by atoms with Gasteiger partial charge in [-0.05, 0) is 107 Å². The van der Waals surface area contributed by atoms with Gasteiger partial charge >= 0.3 is 0 Å². The zero-order valence-corrected chi connectivity index (χ0v) is 37.8. The first-order chi connectivity index (χ1) is 29.7. The zero-order valence-electron chi connectivity index (χ0n) is 36.1. The van der Waals surface area contributed by atoms with Crippen LogP contribution >= 0.6 is 22.7 Å². The second kappa shape index (κ2) is 20.8. The highest BCUT2D eigenvalue weighted by molar-refractivity contribution is 7.26. The second-order valence-corrected chi connectivity index (χ2v) is 19.3. The molecule has 0 saturated heterocycles. The van der Waals surface area contributed by atoms with Crippen LogP contribution < -0.4 is 4.90 Å². The Morgan fingerprint density at radius 3 is 1.57 bits per heavy atom. The second-order valence-electron chi connectivity index (χ2n) is 17.2. The van der Waals surface area contributed by atoms with E-state index in [0.717, 1.165) is 10.5 Å². The van der Waals surface area contributed by atoms with Crippen LogP contribution in [0.4, 0.5) is 17.1 Å². The minimum Gasteiger partial charge on any atom is -0.310 e. The Hall–Kier alpha value is -4.51. The van der Waals surface area contributed by atoms with Gasteiger partial charge in [0.15, 0.2) is 0 Å². The average molecular weight is 829 g/mol. The van der Waals surface area contributed by atoms with Crippen molar-refractivity contribution in [1.29, 1.82) is 0 Å². The van der Waals surface area contributed by atoms with Crippen LogP contribution in [-0.2, 0) is 5.41 Å². The number of thiazole rings is 1. The fraction of sp³-hybridized carbons (Fsp3) is 0.375. The fourth-order valence-corrected chi connectivity index (χ4v) is 11.8. The Labute approximate surface area is 368 Å². The van der Waals surface area contributed by atoms with E-state index in [9.17, 15) is 0 Å². The first-order valence-electron chi connectivity index (χ1n) is 23.3. The largest absolute Gasteiger partial charge is 0.310 e. The van der Waals surface area contributed by atoms with Crippen LogP contribution in [0.25, 0.3) is 41.7 Å².